The zero-order chi connectivity index (χ0) is 13.1. The van der Waals surface area contributed by atoms with Crippen molar-refractivity contribution in [3.05, 3.63) is 17.5 Å². The Kier molecular flexibility index (Phi) is 4.11. The number of ether oxygens (including phenoxy) is 1. The SMILES string of the molecule is CC(C)(C)OC(=O)[C@@H](Nc1cccs1)C(=O)O. The summed E-state index contributed by atoms with van der Waals surface area (Å²) >= 11 is 1.32. The Balaban J connectivity index is 2.73. The van der Waals surface area contributed by atoms with Gasteiger partial charge in [-0.05, 0) is 38.3 Å². The second kappa shape index (κ2) is 5.18. The van der Waals surface area contributed by atoms with Gasteiger partial charge in [-0.15, -0.1) is 11.3 Å². The van der Waals surface area contributed by atoms with Crippen LogP contribution in [0.25, 0.3) is 0 Å². The van der Waals surface area contributed by atoms with E-state index in [9.17, 15) is 9.59 Å². The molecule has 0 saturated carbocycles. The van der Waals surface area contributed by atoms with E-state index < -0.39 is 23.6 Å². The molecule has 0 aliphatic rings. The van der Waals surface area contributed by atoms with Crippen molar-refractivity contribution in [1.82, 2.24) is 0 Å². The van der Waals surface area contributed by atoms with Crippen LogP contribution < -0.4 is 5.32 Å². The first-order valence-corrected chi connectivity index (χ1v) is 5.93. The van der Waals surface area contributed by atoms with Gasteiger partial charge in [0.2, 0.25) is 6.04 Å². The van der Waals surface area contributed by atoms with Gasteiger partial charge in [0.05, 0.1) is 5.00 Å². The average molecular weight is 257 g/mol. The summed E-state index contributed by atoms with van der Waals surface area (Å²) in [7, 11) is 0. The molecular weight excluding hydrogens is 242 g/mol. The Morgan fingerprint density at radius 3 is 2.53 bits per heavy atom. The lowest BCUT2D eigenvalue weighted by atomic mass is 10.2. The lowest BCUT2D eigenvalue weighted by Gasteiger charge is -2.22. The van der Waals surface area contributed by atoms with Gasteiger partial charge >= 0.3 is 11.9 Å². The normalized spacial score (nSPS) is 12.9. The fourth-order valence-electron chi connectivity index (χ4n) is 1.09. The van der Waals surface area contributed by atoms with Crippen LogP contribution in [0.3, 0.4) is 0 Å². The van der Waals surface area contributed by atoms with Gasteiger partial charge in [-0.25, -0.2) is 9.59 Å². The van der Waals surface area contributed by atoms with E-state index in [1.54, 1.807) is 38.3 Å². The summed E-state index contributed by atoms with van der Waals surface area (Å²) in [6.45, 7) is 5.07. The molecule has 0 bridgehead atoms. The van der Waals surface area contributed by atoms with Crippen LogP contribution in [0.4, 0.5) is 5.00 Å². The molecule has 1 heterocycles. The summed E-state index contributed by atoms with van der Waals surface area (Å²) in [5, 5.41) is 14.0. The van der Waals surface area contributed by atoms with E-state index in [1.165, 1.54) is 11.3 Å². The van der Waals surface area contributed by atoms with Crippen molar-refractivity contribution in [3.8, 4) is 0 Å². The molecule has 2 N–H and O–H groups in total. The average Bonchev–Trinajstić information content (AvgIpc) is 2.62. The van der Waals surface area contributed by atoms with Crippen molar-refractivity contribution >= 4 is 28.3 Å². The van der Waals surface area contributed by atoms with Crippen LogP contribution in [0.5, 0.6) is 0 Å². The van der Waals surface area contributed by atoms with Gasteiger partial charge in [-0.3, -0.25) is 0 Å². The van der Waals surface area contributed by atoms with E-state index in [1.807, 2.05) is 0 Å². The number of anilines is 1. The van der Waals surface area contributed by atoms with Gasteiger partial charge in [-0.2, -0.15) is 0 Å². The lowest BCUT2D eigenvalue weighted by molar-refractivity contribution is -0.160. The minimum atomic E-state index is -1.38. The number of thiophene rings is 1. The van der Waals surface area contributed by atoms with E-state index in [0.717, 1.165) is 0 Å². The van der Waals surface area contributed by atoms with Gasteiger partial charge in [-0.1, -0.05) is 0 Å². The second-order valence-corrected chi connectivity index (χ2v) is 5.37. The Bertz CT molecular complexity index is 394. The zero-order valence-corrected chi connectivity index (χ0v) is 10.7. The van der Waals surface area contributed by atoms with Crippen molar-refractivity contribution in [3.63, 3.8) is 0 Å². The van der Waals surface area contributed by atoms with E-state index in [4.69, 9.17) is 9.84 Å². The van der Waals surface area contributed by atoms with E-state index >= 15 is 0 Å². The summed E-state index contributed by atoms with van der Waals surface area (Å²) in [5.74, 6) is -2.05. The Morgan fingerprint density at radius 1 is 1.47 bits per heavy atom. The molecule has 0 spiro atoms. The number of esters is 1. The van der Waals surface area contributed by atoms with Crippen LogP contribution in [0.1, 0.15) is 20.8 Å². The summed E-state index contributed by atoms with van der Waals surface area (Å²) in [4.78, 5) is 22.7. The molecule has 1 aromatic rings. The maximum atomic E-state index is 11.7. The Morgan fingerprint density at radius 2 is 2.12 bits per heavy atom. The highest BCUT2D eigenvalue weighted by Gasteiger charge is 2.31. The number of carbonyl (C=O) groups excluding carboxylic acids is 1. The monoisotopic (exact) mass is 257 g/mol. The fraction of sp³-hybridized carbons (Fsp3) is 0.455. The quantitative estimate of drug-likeness (QED) is 0.637. The molecule has 1 aromatic heterocycles. The molecule has 0 saturated heterocycles. The van der Waals surface area contributed by atoms with Crippen LogP contribution in [0, 0.1) is 0 Å². The number of hydrogen-bond donors (Lipinski definition) is 2. The third-order valence-electron chi connectivity index (χ3n) is 1.70. The van der Waals surface area contributed by atoms with Gasteiger partial charge in [0.15, 0.2) is 0 Å². The van der Waals surface area contributed by atoms with Crippen molar-refractivity contribution in [2.45, 2.75) is 32.4 Å². The van der Waals surface area contributed by atoms with Crippen LogP contribution in [0.2, 0.25) is 0 Å². The number of rotatable bonds is 4. The first kappa shape index (κ1) is 13.5. The van der Waals surface area contributed by atoms with Crippen LogP contribution in [-0.2, 0) is 14.3 Å². The molecule has 1 rings (SSSR count). The smallest absolute Gasteiger partial charge is 0.340 e. The molecule has 0 fully saturated rings. The number of hydrogen-bond acceptors (Lipinski definition) is 5. The van der Waals surface area contributed by atoms with Gasteiger partial charge in [0.25, 0.3) is 0 Å². The maximum Gasteiger partial charge on any atom is 0.340 e. The largest absolute Gasteiger partial charge is 0.479 e. The molecule has 6 heteroatoms. The molecule has 1 atom stereocenters. The second-order valence-electron chi connectivity index (χ2n) is 4.43. The van der Waals surface area contributed by atoms with Crippen LogP contribution >= 0.6 is 11.3 Å². The first-order chi connectivity index (χ1) is 7.79. The predicted molar refractivity (Wildman–Crippen MR) is 65.2 cm³/mol. The third kappa shape index (κ3) is 4.44. The van der Waals surface area contributed by atoms with E-state index in [-0.39, 0.29) is 0 Å². The highest BCUT2D eigenvalue weighted by Crippen LogP contribution is 2.17. The number of carboxylic acids is 1. The molecule has 0 radical (unpaired) electrons. The van der Waals surface area contributed by atoms with Crippen molar-refractivity contribution < 1.29 is 19.4 Å². The molecule has 0 aromatic carbocycles. The van der Waals surface area contributed by atoms with Crippen molar-refractivity contribution in [2.24, 2.45) is 0 Å². The highest BCUT2D eigenvalue weighted by molar-refractivity contribution is 7.14. The van der Waals surface area contributed by atoms with E-state index in [0.29, 0.717) is 5.00 Å². The lowest BCUT2D eigenvalue weighted by Crippen LogP contribution is -2.41. The third-order valence-corrected chi connectivity index (χ3v) is 2.50. The minimum Gasteiger partial charge on any atom is -0.479 e. The van der Waals surface area contributed by atoms with Crippen molar-refractivity contribution in [2.75, 3.05) is 5.32 Å². The summed E-state index contributed by atoms with van der Waals surface area (Å²) in [6.07, 6.45) is 0. The molecule has 0 unspecified atom stereocenters. The molecular formula is C11H15NO4S. The van der Waals surface area contributed by atoms with Gasteiger partial charge < -0.3 is 15.2 Å². The zero-order valence-electron chi connectivity index (χ0n) is 9.89. The van der Waals surface area contributed by atoms with Crippen LogP contribution in [0.15, 0.2) is 17.5 Å². The van der Waals surface area contributed by atoms with E-state index in [2.05, 4.69) is 5.32 Å². The fourth-order valence-corrected chi connectivity index (χ4v) is 1.73. The predicted octanol–water partition coefficient (Wildman–Crippen LogP) is 1.95. The minimum absolute atomic E-state index is 0.614. The Labute approximate surface area is 103 Å². The van der Waals surface area contributed by atoms with Crippen LogP contribution in [-0.4, -0.2) is 28.7 Å². The van der Waals surface area contributed by atoms with Gasteiger partial charge in [0, 0.05) is 0 Å². The topological polar surface area (TPSA) is 75.6 Å². The van der Waals surface area contributed by atoms with Gasteiger partial charge in [0.1, 0.15) is 5.60 Å². The number of nitrogens with one attached hydrogen (secondary N) is 1. The molecule has 94 valence electrons. The maximum absolute atomic E-state index is 11.7. The highest BCUT2D eigenvalue weighted by atomic mass is 32.1. The summed E-state index contributed by atoms with van der Waals surface area (Å²) in [6, 6.07) is 2.08. The standard InChI is InChI=1S/C11H15NO4S/c1-11(2,3)16-10(15)8(9(13)14)12-7-5-4-6-17-7/h4-6,8,12H,1-3H3,(H,13,14)/t8-/m0/s1. The molecule has 0 aliphatic carbocycles. The number of carbonyl (C=O) groups is 2. The first-order valence-electron chi connectivity index (χ1n) is 5.05. The number of carboxylic acid groups (broad SMARTS) is 1. The molecule has 0 amide bonds. The summed E-state index contributed by atoms with van der Waals surface area (Å²) in [5.41, 5.74) is -0.706. The Hall–Kier alpha value is -1.56. The number of aliphatic carboxylic acids is 1. The molecule has 17 heavy (non-hydrogen) atoms. The molecule has 0 aliphatic heterocycles. The molecule has 5 nitrogen and oxygen atoms in total. The summed E-state index contributed by atoms with van der Waals surface area (Å²) < 4.78 is 5.03. The van der Waals surface area contributed by atoms with Crippen molar-refractivity contribution in [1.29, 1.82) is 0 Å².